The summed E-state index contributed by atoms with van der Waals surface area (Å²) in [5.74, 6) is 0. The Bertz CT molecular complexity index is 421. The molecule has 4 rings (SSSR count). The summed E-state index contributed by atoms with van der Waals surface area (Å²) in [7, 11) is -2.90. The quantitative estimate of drug-likeness (QED) is 0.325. The van der Waals surface area contributed by atoms with Crippen LogP contribution in [0.5, 0.6) is 0 Å². The van der Waals surface area contributed by atoms with Gasteiger partial charge < -0.3 is 0 Å². The third kappa shape index (κ3) is 3.30. The summed E-state index contributed by atoms with van der Waals surface area (Å²) in [6.45, 7) is 12.2. The molecule has 0 N–H and O–H groups in total. The van der Waals surface area contributed by atoms with E-state index in [4.69, 9.17) is 0 Å². The van der Waals surface area contributed by atoms with Crippen LogP contribution in [-0.4, -0.2) is 82.0 Å². The highest BCUT2D eigenvalue weighted by Crippen LogP contribution is 2.73. The average Bonchev–Trinajstić information content (AvgIpc) is 3.42. The fourth-order valence-electron chi connectivity index (χ4n) is 3.00. The van der Waals surface area contributed by atoms with Gasteiger partial charge in [0.25, 0.3) is 7.59 Å². The Morgan fingerprint density at radius 3 is 1.82 bits per heavy atom. The summed E-state index contributed by atoms with van der Waals surface area (Å²) < 4.78 is 26.0. The standard InChI is InChI=1S/C14H29N5OP2/c1-2-3-4-5-6-19(21(15-7-8-15)16-9-10-16)22(20,17-11-12-17)18-13-14-18/h2-14H2,1H3. The zero-order valence-electron chi connectivity index (χ0n) is 13.7. The van der Waals surface area contributed by atoms with Gasteiger partial charge in [0.05, 0.1) is 0 Å². The van der Waals surface area contributed by atoms with E-state index < -0.39 is 16.0 Å². The molecule has 126 valence electrons. The fourth-order valence-corrected chi connectivity index (χ4v) is 9.92. The molecule has 0 saturated carbocycles. The molecule has 4 fully saturated rings. The molecular formula is C14H29N5OP2. The SMILES string of the molecule is CCCCCCN(P(N1CC1)N1CC1)P(=O)(N1CC1)N1CC1. The number of hydrogen-bond acceptors (Lipinski definition) is 3. The van der Waals surface area contributed by atoms with Crippen molar-refractivity contribution in [2.75, 3.05) is 58.9 Å². The number of unbranched alkanes of at least 4 members (excludes halogenated alkanes) is 3. The molecule has 0 bridgehead atoms. The maximum atomic E-state index is 13.9. The van der Waals surface area contributed by atoms with Gasteiger partial charge in [-0.1, -0.05) is 26.2 Å². The molecule has 0 atom stereocenters. The highest BCUT2D eigenvalue weighted by Gasteiger charge is 2.57. The Morgan fingerprint density at radius 1 is 0.864 bits per heavy atom. The molecule has 0 aromatic carbocycles. The molecular weight excluding hydrogens is 316 g/mol. The van der Waals surface area contributed by atoms with Crippen molar-refractivity contribution in [3.8, 4) is 0 Å². The first-order valence-electron chi connectivity index (χ1n) is 8.94. The Balaban J connectivity index is 1.52. The van der Waals surface area contributed by atoms with Crippen LogP contribution in [0.15, 0.2) is 0 Å². The maximum Gasteiger partial charge on any atom is 0.292 e. The molecule has 0 aromatic rings. The molecule has 4 saturated heterocycles. The van der Waals surface area contributed by atoms with Gasteiger partial charge in [-0.2, -0.15) is 4.44 Å². The van der Waals surface area contributed by atoms with Crippen LogP contribution in [0.4, 0.5) is 0 Å². The van der Waals surface area contributed by atoms with E-state index in [1.54, 1.807) is 0 Å². The van der Waals surface area contributed by atoms with Gasteiger partial charge in [-0.3, -0.25) is 13.9 Å². The molecule has 0 aliphatic carbocycles. The molecule has 0 radical (unpaired) electrons. The minimum Gasteiger partial charge on any atom is -0.270 e. The molecule has 4 heterocycles. The molecule has 6 nitrogen and oxygen atoms in total. The minimum atomic E-state index is -2.44. The van der Waals surface area contributed by atoms with Crippen LogP contribution in [0, 0.1) is 0 Å². The first kappa shape index (κ1) is 16.0. The van der Waals surface area contributed by atoms with Crippen molar-refractivity contribution in [3.63, 3.8) is 0 Å². The normalized spacial score (nSPS) is 26.1. The highest BCUT2D eigenvalue weighted by atomic mass is 31.2. The lowest BCUT2D eigenvalue weighted by Crippen LogP contribution is -2.29. The summed E-state index contributed by atoms with van der Waals surface area (Å²) in [6.07, 6.45) is 5.04. The van der Waals surface area contributed by atoms with E-state index in [0.29, 0.717) is 0 Å². The summed E-state index contributed by atoms with van der Waals surface area (Å²) >= 11 is 0. The lowest BCUT2D eigenvalue weighted by Gasteiger charge is -2.39. The molecule has 22 heavy (non-hydrogen) atoms. The molecule has 0 aromatic heterocycles. The smallest absolute Gasteiger partial charge is 0.270 e. The molecule has 4 aliphatic rings. The lowest BCUT2D eigenvalue weighted by molar-refractivity contribution is 0.439. The van der Waals surface area contributed by atoms with Crippen LogP contribution in [0.2, 0.25) is 0 Å². The first-order chi connectivity index (χ1) is 10.7. The minimum absolute atomic E-state index is 0.460. The summed E-state index contributed by atoms with van der Waals surface area (Å²) in [5, 5.41) is 0. The number of hydrogen-bond donors (Lipinski definition) is 0. The second-order valence-corrected chi connectivity index (χ2v) is 11.9. The van der Waals surface area contributed by atoms with E-state index in [9.17, 15) is 4.57 Å². The van der Waals surface area contributed by atoms with E-state index in [-0.39, 0.29) is 0 Å². The summed E-state index contributed by atoms with van der Waals surface area (Å²) in [5.41, 5.74) is 0. The topological polar surface area (TPSA) is 32.3 Å². The van der Waals surface area contributed by atoms with Gasteiger partial charge in [0.15, 0.2) is 0 Å². The molecule has 8 heteroatoms. The zero-order valence-corrected chi connectivity index (χ0v) is 15.5. The van der Waals surface area contributed by atoms with Crippen LogP contribution < -0.4 is 0 Å². The zero-order chi connectivity index (χ0) is 15.2. The predicted molar refractivity (Wildman–Crippen MR) is 91.7 cm³/mol. The third-order valence-corrected chi connectivity index (χ3v) is 11.3. The second-order valence-electron chi connectivity index (χ2n) is 6.75. The Hall–Kier alpha value is 0.460. The lowest BCUT2D eigenvalue weighted by atomic mass is 10.2. The Labute approximate surface area is 135 Å². The van der Waals surface area contributed by atoms with Crippen LogP contribution in [-0.2, 0) is 4.57 Å². The largest absolute Gasteiger partial charge is 0.292 e. The van der Waals surface area contributed by atoms with Crippen molar-refractivity contribution in [1.82, 2.24) is 23.1 Å². The third-order valence-electron chi connectivity index (χ3n) is 4.66. The Morgan fingerprint density at radius 2 is 1.41 bits per heavy atom. The monoisotopic (exact) mass is 345 g/mol. The second kappa shape index (κ2) is 6.40. The molecule has 0 unspecified atom stereocenters. The molecule has 0 amide bonds. The van der Waals surface area contributed by atoms with Crippen LogP contribution in [0.25, 0.3) is 0 Å². The maximum absolute atomic E-state index is 13.9. The van der Waals surface area contributed by atoms with E-state index in [1.165, 1.54) is 51.9 Å². The van der Waals surface area contributed by atoms with Crippen molar-refractivity contribution in [2.45, 2.75) is 32.6 Å². The van der Waals surface area contributed by atoms with Crippen molar-refractivity contribution < 1.29 is 4.57 Å². The van der Waals surface area contributed by atoms with Gasteiger partial charge in [0, 0.05) is 58.9 Å². The van der Waals surface area contributed by atoms with Gasteiger partial charge in [0.1, 0.15) is 8.37 Å². The van der Waals surface area contributed by atoms with Gasteiger partial charge in [-0.05, 0) is 6.42 Å². The van der Waals surface area contributed by atoms with Crippen molar-refractivity contribution in [3.05, 3.63) is 0 Å². The van der Waals surface area contributed by atoms with Gasteiger partial charge in [-0.25, -0.2) is 9.34 Å². The molecule has 4 aliphatic heterocycles. The van der Waals surface area contributed by atoms with Gasteiger partial charge >= 0.3 is 0 Å². The van der Waals surface area contributed by atoms with E-state index in [0.717, 1.165) is 32.7 Å². The predicted octanol–water partition coefficient (Wildman–Crippen LogP) is 2.47. The van der Waals surface area contributed by atoms with Crippen molar-refractivity contribution >= 4 is 16.0 Å². The number of nitrogens with zero attached hydrogens (tertiary/aromatic N) is 5. The molecule has 0 spiro atoms. The highest BCUT2D eigenvalue weighted by molar-refractivity contribution is 7.69. The van der Waals surface area contributed by atoms with Crippen molar-refractivity contribution in [1.29, 1.82) is 0 Å². The van der Waals surface area contributed by atoms with E-state index >= 15 is 0 Å². The fraction of sp³-hybridized carbons (Fsp3) is 1.00. The summed E-state index contributed by atoms with van der Waals surface area (Å²) in [6, 6.07) is 0. The van der Waals surface area contributed by atoms with Crippen molar-refractivity contribution in [2.24, 2.45) is 0 Å². The first-order valence-corrected chi connectivity index (χ1v) is 11.7. The van der Waals surface area contributed by atoms with Crippen LogP contribution in [0.3, 0.4) is 0 Å². The average molecular weight is 345 g/mol. The van der Waals surface area contributed by atoms with Gasteiger partial charge in [-0.15, -0.1) is 0 Å². The van der Waals surface area contributed by atoms with E-state index in [1.807, 2.05) is 0 Å². The van der Waals surface area contributed by atoms with Crippen LogP contribution in [0.1, 0.15) is 32.6 Å². The Kier molecular flexibility index (Phi) is 4.64. The van der Waals surface area contributed by atoms with E-state index in [2.05, 4.69) is 30.0 Å². The van der Waals surface area contributed by atoms with Crippen LogP contribution >= 0.6 is 16.0 Å². The number of rotatable bonds is 11. The van der Waals surface area contributed by atoms with Gasteiger partial charge in [0.2, 0.25) is 0 Å². The summed E-state index contributed by atoms with van der Waals surface area (Å²) in [4.78, 5) is 0.